The lowest BCUT2D eigenvalue weighted by Gasteiger charge is -2.15. The van der Waals surface area contributed by atoms with Gasteiger partial charge in [0.2, 0.25) is 0 Å². The zero-order valence-corrected chi connectivity index (χ0v) is 11.9. The maximum Gasteiger partial charge on any atom is 0.524 e. The second-order valence-electron chi connectivity index (χ2n) is 4.86. The maximum absolute atomic E-state index is 11.0. The Labute approximate surface area is 112 Å². The Hall–Kier alpha value is -1.13. The molecule has 0 amide bonds. The minimum Gasteiger partial charge on any atom is -0.404 e. The lowest BCUT2D eigenvalue weighted by atomic mass is 10.0. The molecule has 0 heterocycles. The molecule has 2 rings (SSSR count). The Bertz CT molecular complexity index is 548. The summed E-state index contributed by atoms with van der Waals surface area (Å²) in [5.74, 6) is 0.272. The summed E-state index contributed by atoms with van der Waals surface area (Å²) in [4.78, 5) is 20.0. The molecule has 0 saturated carbocycles. The average molecular weight is 283 g/mol. The molecule has 6 heteroatoms. The van der Waals surface area contributed by atoms with Gasteiger partial charge in [-0.1, -0.05) is 18.2 Å². The third kappa shape index (κ3) is 3.67. The second-order valence-corrected chi connectivity index (χ2v) is 6.02. The van der Waals surface area contributed by atoms with Gasteiger partial charge in [0.1, 0.15) is 5.75 Å². The van der Waals surface area contributed by atoms with Gasteiger partial charge in [-0.3, -0.25) is 9.79 Å². The summed E-state index contributed by atoms with van der Waals surface area (Å²) >= 11 is 0. The summed E-state index contributed by atoms with van der Waals surface area (Å²) in [7, 11) is -0.533. The molecule has 0 spiro atoms. The van der Waals surface area contributed by atoms with Gasteiger partial charge >= 0.3 is 7.82 Å². The van der Waals surface area contributed by atoms with Crippen LogP contribution >= 0.6 is 7.82 Å². The number of fused-ring (bicyclic) bond motifs is 1. The third-order valence-electron chi connectivity index (χ3n) is 3.05. The largest absolute Gasteiger partial charge is 0.524 e. The van der Waals surface area contributed by atoms with Crippen LogP contribution in [0.3, 0.4) is 0 Å². The molecule has 0 aliphatic heterocycles. The van der Waals surface area contributed by atoms with E-state index in [-0.39, 0.29) is 5.75 Å². The fourth-order valence-electron chi connectivity index (χ4n) is 2.22. The van der Waals surface area contributed by atoms with E-state index < -0.39 is 7.82 Å². The monoisotopic (exact) mass is 283 g/mol. The second kappa shape index (κ2) is 5.47. The fourth-order valence-corrected chi connectivity index (χ4v) is 2.63. The number of hydrogen-bond donors (Lipinski definition) is 2. The first-order valence-corrected chi connectivity index (χ1v) is 7.61. The molecule has 1 aromatic rings. The van der Waals surface area contributed by atoms with Gasteiger partial charge < -0.3 is 9.42 Å². The number of benzene rings is 1. The van der Waals surface area contributed by atoms with Crippen molar-refractivity contribution >= 4 is 13.4 Å². The van der Waals surface area contributed by atoms with E-state index in [4.69, 9.17) is 14.3 Å². The smallest absolute Gasteiger partial charge is 0.404 e. The van der Waals surface area contributed by atoms with Crippen molar-refractivity contribution in [3.63, 3.8) is 0 Å². The molecule has 1 aromatic carbocycles. The average Bonchev–Trinajstić information content (AvgIpc) is 2.68. The first-order valence-electron chi connectivity index (χ1n) is 6.08. The molecule has 0 bridgehead atoms. The van der Waals surface area contributed by atoms with E-state index in [2.05, 4.69) is 11.0 Å². The number of nitrogens with zero attached hydrogens (tertiary/aromatic N) is 1. The van der Waals surface area contributed by atoms with Gasteiger partial charge in [-0.25, -0.2) is 4.57 Å². The van der Waals surface area contributed by atoms with Crippen LogP contribution in [0.1, 0.15) is 17.5 Å². The van der Waals surface area contributed by atoms with Crippen LogP contribution < -0.4 is 4.52 Å². The van der Waals surface area contributed by atoms with E-state index >= 15 is 0 Å². The summed E-state index contributed by atoms with van der Waals surface area (Å²) in [6.45, 7) is 0.884. The van der Waals surface area contributed by atoms with Gasteiger partial charge in [0.25, 0.3) is 0 Å². The van der Waals surface area contributed by atoms with Crippen molar-refractivity contribution in [1.82, 2.24) is 4.90 Å². The van der Waals surface area contributed by atoms with Crippen LogP contribution in [-0.4, -0.2) is 35.3 Å². The quantitative estimate of drug-likeness (QED) is 0.809. The predicted molar refractivity (Wildman–Crippen MR) is 74.0 cm³/mol. The Morgan fingerprint density at radius 3 is 2.74 bits per heavy atom. The van der Waals surface area contributed by atoms with Crippen LogP contribution in [0.2, 0.25) is 0 Å². The molecule has 5 nitrogen and oxygen atoms in total. The molecule has 0 radical (unpaired) electrons. The van der Waals surface area contributed by atoms with Crippen LogP contribution in [0, 0.1) is 0 Å². The molecule has 1 aliphatic carbocycles. The summed E-state index contributed by atoms with van der Waals surface area (Å²) in [6.07, 6.45) is 3.72. The number of phosphoric ester groups is 1. The van der Waals surface area contributed by atoms with E-state index in [1.807, 2.05) is 20.2 Å². The molecule has 0 atom stereocenters. The van der Waals surface area contributed by atoms with Crippen molar-refractivity contribution in [3.8, 4) is 5.75 Å². The van der Waals surface area contributed by atoms with Crippen molar-refractivity contribution in [2.45, 2.75) is 12.8 Å². The number of hydrogen-bond acceptors (Lipinski definition) is 3. The third-order valence-corrected chi connectivity index (χ3v) is 3.48. The summed E-state index contributed by atoms with van der Waals surface area (Å²) in [5.41, 5.74) is 2.99. The zero-order valence-electron chi connectivity index (χ0n) is 11.0. The summed E-state index contributed by atoms with van der Waals surface area (Å²) in [5, 5.41) is 0. The molecule has 1 aliphatic rings. The molecule has 0 fully saturated rings. The van der Waals surface area contributed by atoms with Crippen molar-refractivity contribution < 1.29 is 18.9 Å². The van der Waals surface area contributed by atoms with Crippen LogP contribution in [-0.2, 0) is 11.0 Å². The SMILES string of the molecule is CN(C)CCC1=CCc2cccc(OP(=O)(O)O)c21. The predicted octanol–water partition coefficient (Wildman–Crippen LogP) is 2.05. The van der Waals surface area contributed by atoms with Crippen molar-refractivity contribution in [2.75, 3.05) is 20.6 Å². The highest BCUT2D eigenvalue weighted by Crippen LogP contribution is 2.44. The first-order chi connectivity index (χ1) is 8.87. The minimum atomic E-state index is -4.52. The van der Waals surface area contributed by atoms with E-state index in [0.29, 0.717) is 0 Å². The van der Waals surface area contributed by atoms with Crippen LogP contribution in [0.4, 0.5) is 0 Å². The summed E-state index contributed by atoms with van der Waals surface area (Å²) < 4.78 is 15.8. The molecule has 2 N–H and O–H groups in total. The van der Waals surface area contributed by atoms with Crippen molar-refractivity contribution in [1.29, 1.82) is 0 Å². The molecule has 0 unspecified atom stereocenters. The van der Waals surface area contributed by atoms with E-state index in [1.54, 1.807) is 12.1 Å². The van der Waals surface area contributed by atoms with Gasteiger partial charge in [0.15, 0.2) is 0 Å². The molecular formula is C13H18NO4P. The van der Waals surface area contributed by atoms with Crippen LogP contribution in [0.5, 0.6) is 5.75 Å². The molecule has 104 valence electrons. The first kappa shape index (κ1) is 14.3. The van der Waals surface area contributed by atoms with Crippen LogP contribution in [0.15, 0.2) is 24.3 Å². The van der Waals surface area contributed by atoms with Gasteiger partial charge in [-0.2, -0.15) is 0 Å². The van der Waals surface area contributed by atoms with E-state index in [9.17, 15) is 4.57 Å². The highest BCUT2D eigenvalue weighted by Gasteiger charge is 2.23. The van der Waals surface area contributed by atoms with Gasteiger partial charge in [0, 0.05) is 12.1 Å². The zero-order chi connectivity index (χ0) is 14.0. The number of phosphoric acid groups is 1. The van der Waals surface area contributed by atoms with Crippen LogP contribution in [0.25, 0.3) is 5.57 Å². The molecular weight excluding hydrogens is 265 g/mol. The van der Waals surface area contributed by atoms with Gasteiger partial charge in [0.05, 0.1) is 0 Å². The highest BCUT2D eigenvalue weighted by molar-refractivity contribution is 7.46. The van der Waals surface area contributed by atoms with E-state index in [1.165, 1.54) is 0 Å². The topological polar surface area (TPSA) is 70.0 Å². The molecule has 0 aromatic heterocycles. The Balaban J connectivity index is 2.27. The fraction of sp³-hybridized carbons (Fsp3) is 0.385. The minimum absolute atomic E-state index is 0.272. The number of allylic oxidation sites excluding steroid dienone is 1. The van der Waals surface area contributed by atoms with Crippen molar-refractivity contribution in [3.05, 3.63) is 35.4 Å². The summed E-state index contributed by atoms with van der Waals surface area (Å²) in [6, 6.07) is 5.32. The lowest BCUT2D eigenvalue weighted by molar-refractivity contribution is 0.283. The van der Waals surface area contributed by atoms with Gasteiger partial charge in [-0.05, 0) is 44.1 Å². The Morgan fingerprint density at radius 2 is 2.11 bits per heavy atom. The standard InChI is InChI=1S/C13H18NO4P/c1-14(2)9-8-11-7-6-10-4-3-5-12(13(10)11)18-19(15,16)17/h3-5,7H,6,8-9H2,1-2H3,(H2,15,16,17). The molecule has 0 saturated heterocycles. The Kier molecular flexibility index (Phi) is 4.11. The maximum atomic E-state index is 11.0. The molecule has 19 heavy (non-hydrogen) atoms. The number of rotatable bonds is 5. The normalized spacial score (nSPS) is 14.5. The highest BCUT2D eigenvalue weighted by atomic mass is 31.2. The Morgan fingerprint density at radius 1 is 1.37 bits per heavy atom. The van der Waals surface area contributed by atoms with Gasteiger partial charge in [-0.15, -0.1) is 0 Å². The van der Waals surface area contributed by atoms with Crippen molar-refractivity contribution in [2.24, 2.45) is 0 Å². The lowest BCUT2D eigenvalue weighted by Crippen LogP contribution is -2.13. The van der Waals surface area contributed by atoms with E-state index in [0.717, 1.165) is 36.1 Å².